The molecule has 1 atom stereocenters. The van der Waals surface area contributed by atoms with Crippen molar-refractivity contribution in [2.75, 3.05) is 6.54 Å². The van der Waals surface area contributed by atoms with Crippen LogP contribution in [-0.4, -0.2) is 17.4 Å². The third kappa shape index (κ3) is 3.40. The van der Waals surface area contributed by atoms with Gasteiger partial charge in [0.25, 0.3) is 0 Å². The Bertz CT molecular complexity index is 345. The Hall–Kier alpha value is -0.790. The molecule has 0 N–H and O–H groups in total. The number of unbranched alkanes of at least 4 members (excludes halogenated alkanes) is 2. The Kier molecular flexibility index (Phi) is 5.47. The summed E-state index contributed by atoms with van der Waals surface area (Å²) in [6, 6.07) is 0. The molecule has 2 heteroatoms. The van der Waals surface area contributed by atoms with Crippen molar-refractivity contribution in [3.63, 3.8) is 0 Å². The molecule has 1 amide bonds. The summed E-state index contributed by atoms with van der Waals surface area (Å²) >= 11 is 0. The van der Waals surface area contributed by atoms with Crippen LogP contribution in [0, 0.1) is 5.92 Å². The van der Waals surface area contributed by atoms with E-state index in [9.17, 15) is 4.79 Å². The fourth-order valence-corrected chi connectivity index (χ4v) is 3.52. The molecule has 0 saturated heterocycles. The monoisotopic (exact) mass is 263 g/mol. The minimum absolute atomic E-state index is 0.384. The van der Waals surface area contributed by atoms with Crippen LogP contribution >= 0.6 is 0 Å². The Morgan fingerprint density at radius 2 is 2.00 bits per heavy atom. The lowest BCUT2D eigenvalue weighted by Gasteiger charge is -2.21. The number of fused-ring (bicyclic) bond motifs is 1. The molecule has 0 radical (unpaired) electrons. The number of carbonyl (C=O) groups is 1. The molecular formula is C17H29NO. The van der Waals surface area contributed by atoms with Gasteiger partial charge in [-0.25, -0.2) is 0 Å². The van der Waals surface area contributed by atoms with E-state index in [1.54, 1.807) is 5.57 Å². The second kappa shape index (κ2) is 7.12. The molecule has 0 aromatic rings. The molecule has 1 heterocycles. The molecule has 2 aliphatic rings. The first-order chi connectivity index (χ1) is 9.27. The van der Waals surface area contributed by atoms with Gasteiger partial charge >= 0.3 is 0 Å². The van der Waals surface area contributed by atoms with Crippen LogP contribution in [0.4, 0.5) is 0 Å². The van der Waals surface area contributed by atoms with Crippen molar-refractivity contribution in [2.45, 2.75) is 78.1 Å². The van der Waals surface area contributed by atoms with Gasteiger partial charge in [-0.1, -0.05) is 33.1 Å². The summed E-state index contributed by atoms with van der Waals surface area (Å²) in [7, 11) is 0. The number of amides is 1. The van der Waals surface area contributed by atoms with E-state index in [2.05, 4.69) is 18.7 Å². The highest BCUT2D eigenvalue weighted by Crippen LogP contribution is 2.40. The highest BCUT2D eigenvalue weighted by atomic mass is 16.2. The summed E-state index contributed by atoms with van der Waals surface area (Å²) in [5, 5.41) is 0. The molecule has 2 rings (SSSR count). The van der Waals surface area contributed by atoms with E-state index >= 15 is 0 Å². The maximum absolute atomic E-state index is 12.4. The normalized spacial score (nSPS) is 22.8. The molecule has 0 aromatic heterocycles. The average Bonchev–Trinajstić information content (AvgIpc) is 2.81. The van der Waals surface area contributed by atoms with E-state index in [0.29, 0.717) is 11.8 Å². The van der Waals surface area contributed by atoms with Crippen LogP contribution in [0.3, 0.4) is 0 Å². The lowest BCUT2D eigenvalue weighted by Crippen LogP contribution is -2.29. The third-order valence-corrected chi connectivity index (χ3v) is 4.65. The van der Waals surface area contributed by atoms with E-state index in [0.717, 1.165) is 32.2 Å². The van der Waals surface area contributed by atoms with Crippen LogP contribution in [0.1, 0.15) is 78.1 Å². The van der Waals surface area contributed by atoms with Crippen molar-refractivity contribution in [1.82, 2.24) is 4.90 Å². The van der Waals surface area contributed by atoms with E-state index < -0.39 is 0 Å². The van der Waals surface area contributed by atoms with Crippen LogP contribution in [-0.2, 0) is 4.79 Å². The van der Waals surface area contributed by atoms with Crippen molar-refractivity contribution in [2.24, 2.45) is 5.92 Å². The Labute approximate surface area is 118 Å². The fourth-order valence-electron chi connectivity index (χ4n) is 3.52. The molecule has 1 aliphatic heterocycles. The van der Waals surface area contributed by atoms with Gasteiger partial charge in [0.15, 0.2) is 0 Å². The van der Waals surface area contributed by atoms with Gasteiger partial charge in [0.05, 0.1) is 0 Å². The second-order valence-electron chi connectivity index (χ2n) is 6.13. The molecule has 108 valence electrons. The van der Waals surface area contributed by atoms with Gasteiger partial charge in [0.1, 0.15) is 0 Å². The van der Waals surface area contributed by atoms with Gasteiger partial charge in [-0.3, -0.25) is 4.79 Å². The number of rotatable bonds is 6. The standard InChI is InChI=1S/C17H29NO/c1-3-5-11-16-15-10-8-7-9-14(15)13-18(16)17(19)12-6-4-2/h14H,3-13H2,1-2H3. The minimum Gasteiger partial charge on any atom is -0.316 e. The van der Waals surface area contributed by atoms with Gasteiger partial charge in [-0.15, -0.1) is 0 Å². The molecule has 0 spiro atoms. The summed E-state index contributed by atoms with van der Waals surface area (Å²) in [6.45, 7) is 5.40. The third-order valence-electron chi connectivity index (χ3n) is 4.65. The van der Waals surface area contributed by atoms with Crippen LogP contribution in [0.25, 0.3) is 0 Å². The zero-order chi connectivity index (χ0) is 13.7. The van der Waals surface area contributed by atoms with Crippen molar-refractivity contribution in [1.29, 1.82) is 0 Å². The zero-order valence-corrected chi connectivity index (χ0v) is 12.7. The van der Waals surface area contributed by atoms with Gasteiger partial charge < -0.3 is 4.90 Å². The number of allylic oxidation sites excluding steroid dienone is 1. The number of hydrogen-bond donors (Lipinski definition) is 0. The summed E-state index contributed by atoms with van der Waals surface area (Å²) in [5.74, 6) is 1.08. The van der Waals surface area contributed by atoms with E-state index in [1.165, 1.54) is 44.2 Å². The van der Waals surface area contributed by atoms with Crippen molar-refractivity contribution >= 4 is 5.91 Å². The Balaban J connectivity index is 2.09. The average molecular weight is 263 g/mol. The number of hydrogen-bond acceptors (Lipinski definition) is 1. The van der Waals surface area contributed by atoms with E-state index in [4.69, 9.17) is 0 Å². The van der Waals surface area contributed by atoms with Crippen molar-refractivity contribution < 1.29 is 4.79 Å². The lowest BCUT2D eigenvalue weighted by atomic mass is 9.85. The maximum atomic E-state index is 12.4. The predicted molar refractivity (Wildman–Crippen MR) is 79.7 cm³/mol. The summed E-state index contributed by atoms with van der Waals surface area (Å²) < 4.78 is 0. The first-order valence-electron chi connectivity index (χ1n) is 8.30. The summed E-state index contributed by atoms with van der Waals surface area (Å²) in [5.41, 5.74) is 3.07. The summed E-state index contributed by atoms with van der Waals surface area (Å²) in [6.07, 6.45) is 11.7. The van der Waals surface area contributed by atoms with E-state index in [1.807, 2.05) is 0 Å². The largest absolute Gasteiger partial charge is 0.316 e. The molecule has 1 saturated carbocycles. The highest BCUT2D eigenvalue weighted by Gasteiger charge is 2.34. The Morgan fingerprint density at radius 1 is 1.21 bits per heavy atom. The molecule has 1 unspecified atom stereocenters. The van der Waals surface area contributed by atoms with Crippen LogP contribution in [0.15, 0.2) is 11.3 Å². The SMILES string of the molecule is CCCCC(=O)N1CC2CCCCC2=C1CCCC. The summed E-state index contributed by atoms with van der Waals surface area (Å²) in [4.78, 5) is 14.6. The second-order valence-corrected chi connectivity index (χ2v) is 6.13. The molecule has 1 aliphatic carbocycles. The molecular weight excluding hydrogens is 234 g/mol. The van der Waals surface area contributed by atoms with Gasteiger partial charge in [0, 0.05) is 18.7 Å². The van der Waals surface area contributed by atoms with Gasteiger partial charge in [0.2, 0.25) is 5.91 Å². The fraction of sp³-hybridized carbons (Fsp3) is 0.824. The first kappa shape index (κ1) is 14.6. The smallest absolute Gasteiger partial charge is 0.226 e. The Morgan fingerprint density at radius 3 is 2.74 bits per heavy atom. The molecule has 0 bridgehead atoms. The van der Waals surface area contributed by atoms with E-state index in [-0.39, 0.29) is 0 Å². The molecule has 0 aromatic carbocycles. The zero-order valence-electron chi connectivity index (χ0n) is 12.7. The molecule has 1 fully saturated rings. The number of carbonyl (C=O) groups excluding carboxylic acids is 1. The molecule has 19 heavy (non-hydrogen) atoms. The topological polar surface area (TPSA) is 20.3 Å². The van der Waals surface area contributed by atoms with Crippen LogP contribution in [0.5, 0.6) is 0 Å². The van der Waals surface area contributed by atoms with Crippen LogP contribution < -0.4 is 0 Å². The van der Waals surface area contributed by atoms with Gasteiger partial charge in [-0.2, -0.15) is 0 Å². The van der Waals surface area contributed by atoms with Crippen molar-refractivity contribution in [3.8, 4) is 0 Å². The quantitative estimate of drug-likeness (QED) is 0.683. The maximum Gasteiger partial charge on any atom is 0.226 e. The van der Waals surface area contributed by atoms with Crippen LogP contribution in [0.2, 0.25) is 0 Å². The van der Waals surface area contributed by atoms with Gasteiger partial charge in [-0.05, 0) is 50.0 Å². The first-order valence-corrected chi connectivity index (χ1v) is 8.30. The highest BCUT2D eigenvalue weighted by molar-refractivity contribution is 5.79. The molecule has 2 nitrogen and oxygen atoms in total. The van der Waals surface area contributed by atoms with Crippen molar-refractivity contribution in [3.05, 3.63) is 11.3 Å². The lowest BCUT2D eigenvalue weighted by molar-refractivity contribution is -0.129. The minimum atomic E-state index is 0.384. The predicted octanol–water partition coefficient (Wildman–Crippen LogP) is 4.65. The number of nitrogens with zero attached hydrogens (tertiary/aromatic N) is 1.